The van der Waals surface area contributed by atoms with Crippen LogP contribution >= 0.6 is 22.9 Å². The van der Waals surface area contributed by atoms with E-state index in [-0.39, 0.29) is 21.7 Å². The molecule has 0 aliphatic carbocycles. The van der Waals surface area contributed by atoms with Crippen LogP contribution in [0.2, 0.25) is 5.02 Å². The van der Waals surface area contributed by atoms with Crippen LogP contribution in [-0.4, -0.2) is 28.2 Å². The van der Waals surface area contributed by atoms with Gasteiger partial charge >= 0.3 is 0 Å². The first kappa shape index (κ1) is 20.3. The minimum atomic E-state index is -3.95. The summed E-state index contributed by atoms with van der Waals surface area (Å²) in [7, 11) is -3.95. The zero-order chi connectivity index (χ0) is 21.1. The molecular formula is C18H14ClFN6O2S2. The van der Waals surface area contributed by atoms with Gasteiger partial charge in [-0.3, -0.25) is 4.72 Å². The summed E-state index contributed by atoms with van der Waals surface area (Å²) in [5.74, 6) is -0.587. The summed E-state index contributed by atoms with van der Waals surface area (Å²) in [4.78, 5) is 7.73. The van der Waals surface area contributed by atoms with E-state index in [1.54, 1.807) is 16.1 Å². The Kier molecular flexibility index (Phi) is 5.66. The van der Waals surface area contributed by atoms with Gasteiger partial charge < -0.3 is 5.32 Å². The van der Waals surface area contributed by atoms with Crippen LogP contribution in [0.25, 0.3) is 0 Å². The highest BCUT2D eigenvalue weighted by Crippen LogP contribution is 2.23. The zero-order valence-electron chi connectivity index (χ0n) is 15.2. The molecule has 12 heteroatoms. The molecule has 2 heterocycles. The molecule has 30 heavy (non-hydrogen) atoms. The monoisotopic (exact) mass is 464 g/mol. The van der Waals surface area contributed by atoms with E-state index in [1.807, 2.05) is 18.2 Å². The van der Waals surface area contributed by atoms with Crippen LogP contribution in [0.1, 0.15) is 5.56 Å². The molecule has 0 bridgehead atoms. The Morgan fingerprint density at radius 3 is 2.77 bits per heavy atom. The lowest BCUT2D eigenvalue weighted by molar-refractivity contribution is 0.596. The predicted octanol–water partition coefficient (Wildman–Crippen LogP) is 4.12. The van der Waals surface area contributed by atoms with E-state index < -0.39 is 15.8 Å². The van der Waals surface area contributed by atoms with Crippen LogP contribution < -0.4 is 10.0 Å². The molecule has 2 aromatic heterocycles. The van der Waals surface area contributed by atoms with Crippen molar-refractivity contribution in [1.29, 1.82) is 0 Å². The van der Waals surface area contributed by atoms with Gasteiger partial charge in [0.2, 0.25) is 5.95 Å². The Bertz CT molecular complexity index is 1280. The summed E-state index contributed by atoms with van der Waals surface area (Å²) >= 11 is 7.10. The number of thiazole rings is 1. The predicted molar refractivity (Wildman–Crippen MR) is 113 cm³/mol. The van der Waals surface area contributed by atoms with E-state index in [4.69, 9.17) is 11.6 Å². The Morgan fingerprint density at radius 2 is 2.03 bits per heavy atom. The lowest BCUT2D eigenvalue weighted by Gasteiger charge is -2.08. The molecule has 4 aromatic rings. The van der Waals surface area contributed by atoms with Gasteiger partial charge in [0.05, 0.1) is 17.1 Å². The smallest absolute Gasteiger partial charge is 0.263 e. The average molecular weight is 465 g/mol. The van der Waals surface area contributed by atoms with Crippen LogP contribution in [0.5, 0.6) is 0 Å². The van der Waals surface area contributed by atoms with Crippen LogP contribution in [0, 0.1) is 5.82 Å². The number of nitrogens with zero attached hydrogens (tertiary/aromatic N) is 4. The highest BCUT2D eigenvalue weighted by molar-refractivity contribution is 7.93. The quantitative estimate of drug-likeness (QED) is 0.426. The average Bonchev–Trinajstić information content (AvgIpc) is 3.35. The fourth-order valence-electron chi connectivity index (χ4n) is 2.58. The van der Waals surface area contributed by atoms with Crippen molar-refractivity contribution in [3.63, 3.8) is 0 Å². The molecule has 0 saturated carbocycles. The zero-order valence-corrected chi connectivity index (χ0v) is 17.5. The molecule has 0 spiro atoms. The van der Waals surface area contributed by atoms with Gasteiger partial charge in [-0.25, -0.2) is 27.5 Å². The van der Waals surface area contributed by atoms with Gasteiger partial charge in [-0.15, -0.1) is 16.4 Å². The third kappa shape index (κ3) is 4.75. The first-order valence-corrected chi connectivity index (χ1v) is 11.3. The fourth-order valence-corrected chi connectivity index (χ4v) is 4.60. The van der Waals surface area contributed by atoms with E-state index in [9.17, 15) is 12.8 Å². The van der Waals surface area contributed by atoms with E-state index >= 15 is 0 Å². The second kappa shape index (κ2) is 8.38. The molecule has 8 nitrogen and oxygen atoms in total. The number of nitrogens with one attached hydrogen (secondary N) is 2. The number of halogens is 2. The highest BCUT2D eigenvalue weighted by Gasteiger charge is 2.18. The van der Waals surface area contributed by atoms with Crippen molar-refractivity contribution in [3.8, 4) is 0 Å². The second-order valence-corrected chi connectivity index (χ2v) is 9.12. The molecule has 0 atom stereocenters. The number of rotatable bonds is 7. The number of hydrogen-bond donors (Lipinski definition) is 2. The summed E-state index contributed by atoms with van der Waals surface area (Å²) in [6.45, 7) is 0.442. The molecular weight excluding hydrogens is 451 g/mol. The molecule has 2 N–H and O–H groups in total. The Morgan fingerprint density at radius 1 is 1.17 bits per heavy atom. The number of benzene rings is 2. The molecule has 154 valence electrons. The lowest BCUT2D eigenvalue weighted by Crippen LogP contribution is -2.13. The van der Waals surface area contributed by atoms with Gasteiger partial charge in [-0.2, -0.15) is 0 Å². The van der Waals surface area contributed by atoms with Gasteiger partial charge in [-0.05, 0) is 35.9 Å². The third-order valence-corrected chi connectivity index (χ3v) is 6.31. The number of aromatic nitrogens is 4. The van der Waals surface area contributed by atoms with Crippen molar-refractivity contribution in [2.24, 2.45) is 0 Å². The molecule has 0 radical (unpaired) electrons. The first-order chi connectivity index (χ1) is 14.4. The summed E-state index contributed by atoms with van der Waals surface area (Å²) in [6, 6.07) is 10.8. The summed E-state index contributed by atoms with van der Waals surface area (Å²) < 4.78 is 43.1. The van der Waals surface area contributed by atoms with Gasteiger partial charge in [0.15, 0.2) is 5.13 Å². The van der Waals surface area contributed by atoms with Gasteiger partial charge in [0.1, 0.15) is 12.1 Å². The van der Waals surface area contributed by atoms with Crippen molar-refractivity contribution in [3.05, 3.63) is 76.8 Å². The van der Waals surface area contributed by atoms with Crippen molar-refractivity contribution in [2.75, 3.05) is 10.0 Å². The van der Waals surface area contributed by atoms with E-state index in [1.165, 1.54) is 24.7 Å². The van der Waals surface area contributed by atoms with Gasteiger partial charge in [-0.1, -0.05) is 23.7 Å². The van der Waals surface area contributed by atoms with Gasteiger partial charge in [0.25, 0.3) is 10.0 Å². The minimum absolute atomic E-state index is 0.0451. The Hall–Kier alpha value is -3.02. The van der Waals surface area contributed by atoms with Crippen molar-refractivity contribution >= 4 is 49.7 Å². The molecule has 0 fully saturated rings. The molecule has 0 amide bonds. The van der Waals surface area contributed by atoms with E-state index in [0.717, 1.165) is 23.0 Å². The van der Waals surface area contributed by atoms with Crippen molar-refractivity contribution in [1.82, 2.24) is 19.7 Å². The van der Waals surface area contributed by atoms with Gasteiger partial charge in [0, 0.05) is 16.6 Å². The maximum absolute atomic E-state index is 14.5. The molecule has 4 rings (SSSR count). The van der Waals surface area contributed by atoms with E-state index in [0.29, 0.717) is 11.6 Å². The highest BCUT2D eigenvalue weighted by atomic mass is 35.5. The first-order valence-electron chi connectivity index (χ1n) is 8.52. The van der Waals surface area contributed by atoms with Crippen LogP contribution in [0.4, 0.5) is 21.2 Å². The largest absolute Gasteiger partial charge is 0.320 e. The standard InChI is InChI=1S/C18H14ClFN6O2S2/c19-13-3-1-2-12(8-13)10-26-11-22-17(24-26)23-16-5-4-14(9-15(16)20)30(27,28)25-18-21-6-7-29-18/h1-9,11H,10H2,(H,21,25)(H,23,24). The molecule has 0 unspecified atom stereocenters. The van der Waals surface area contributed by atoms with Crippen molar-refractivity contribution in [2.45, 2.75) is 11.4 Å². The molecule has 2 aromatic carbocycles. The topological polar surface area (TPSA) is 102 Å². The van der Waals surface area contributed by atoms with Crippen LogP contribution in [0.3, 0.4) is 0 Å². The Balaban J connectivity index is 1.47. The lowest BCUT2D eigenvalue weighted by atomic mass is 10.2. The van der Waals surface area contributed by atoms with Crippen LogP contribution in [0.15, 0.2) is 65.3 Å². The molecule has 0 aliphatic heterocycles. The molecule has 0 saturated heterocycles. The maximum atomic E-state index is 14.5. The SMILES string of the molecule is O=S(=O)(Nc1nccs1)c1ccc(Nc2ncn(Cc3cccc(Cl)c3)n2)c(F)c1. The minimum Gasteiger partial charge on any atom is -0.320 e. The maximum Gasteiger partial charge on any atom is 0.263 e. The summed E-state index contributed by atoms with van der Waals surface area (Å²) in [5.41, 5.74) is 0.983. The normalized spacial score (nSPS) is 11.4. The third-order valence-electron chi connectivity index (χ3n) is 3.92. The Labute approximate surface area is 180 Å². The number of hydrogen-bond acceptors (Lipinski definition) is 7. The van der Waals surface area contributed by atoms with Crippen LogP contribution in [-0.2, 0) is 16.6 Å². The molecule has 0 aliphatic rings. The van der Waals surface area contributed by atoms with Crippen molar-refractivity contribution < 1.29 is 12.8 Å². The van der Waals surface area contributed by atoms with E-state index in [2.05, 4.69) is 25.1 Å². The summed E-state index contributed by atoms with van der Waals surface area (Å²) in [6.07, 6.45) is 2.96. The second-order valence-electron chi connectivity index (χ2n) is 6.11. The fraction of sp³-hybridized carbons (Fsp3) is 0.0556. The number of sulfonamides is 1. The number of anilines is 3. The summed E-state index contributed by atoms with van der Waals surface area (Å²) in [5, 5.41) is 9.43.